The molecule has 2 aromatic heterocycles. The summed E-state index contributed by atoms with van der Waals surface area (Å²) >= 11 is 0. The van der Waals surface area contributed by atoms with Crippen molar-refractivity contribution < 1.29 is 23.2 Å². The summed E-state index contributed by atoms with van der Waals surface area (Å²) in [7, 11) is -4.26. The first kappa shape index (κ1) is 26.0. The van der Waals surface area contributed by atoms with Gasteiger partial charge in [0.2, 0.25) is 0 Å². The minimum atomic E-state index is -4.26. The van der Waals surface area contributed by atoms with E-state index < -0.39 is 27.3 Å². The van der Waals surface area contributed by atoms with E-state index in [1.54, 1.807) is 18.2 Å². The second-order valence-corrected chi connectivity index (χ2v) is 11.6. The first-order valence-electron chi connectivity index (χ1n) is 12.7. The molecule has 2 heterocycles. The normalized spacial score (nSPS) is 11.7. The third-order valence-electron chi connectivity index (χ3n) is 7.21. The summed E-state index contributed by atoms with van der Waals surface area (Å²) in [5, 5.41) is 22.6. The lowest BCUT2D eigenvalue weighted by Crippen LogP contribution is -2.12. The van der Waals surface area contributed by atoms with Gasteiger partial charge in [-0.25, -0.2) is 12.4 Å². The topological polar surface area (TPSA) is 124 Å². The van der Waals surface area contributed by atoms with Gasteiger partial charge in [-0.05, 0) is 71.5 Å². The van der Waals surface area contributed by atoms with Crippen LogP contribution in [0.25, 0.3) is 38.6 Å². The number of benzene rings is 4. The Hall–Kier alpha value is -5.22. The molecule has 0 radical (unpaired) electrons. The maximum absolute atomic E-state index is 13.6. The summed E-state index contributed by atoms with van der Waals surface area (Å²) in [4.78, 5) is 22.2. The van der Waals surface area contributed by atoms with E-state index in [2.05, 4.69) is 22.8 Å². The number of aromatic nitrogens is 2. The van der Waals surface area contributed by atoms with Gasteiger partial charge >= 0.3 is 5.97 Å². The molecular weight excluding hydrogens is 542 g/mol. The number of carboxylic acids is 1. The Balaban J connectivity index is 1.43. The zero-order chi connectivity index (χ0) is 28.9. The molecule has 0 amide bonds. The summed E-state index contributed by atoms with van der Waals surface area (Å²) in [6, 6.07) is 26.9. The fourth-order valence-electron chi connectivity index (χ4n) is 5.13. The van der Waals surface area contributed by atoms with Crippen molar-refractivity contribution >= 4 is 43.5 Å². The molecule has 0 aliphatic carbocycles. The van der Waals surface area contributed by atoms with Gasteiger partial charge in [-0.3, -0.25) is 14.9 Å². The highest BCUT2D eigenvalue weighted by Crippen LogP contribution is 2.33. The molecule has 6 rings (SSSR count). The van der Waals surface area contributed by atoms with Gasteiger partial charge < -0.3 is 9.67 Å². The predicted octanol–water partition coefficient (Wildman–Crippen LogP) is 6.33. The van der Waals surface area contributed by atoms with Gasteiger partial charge in [0.1, 0.15) is 0 Å². The lowest BCUT2D eigenvalue weighted by molar-refractivity contribution is -0.385. The molecule has 10 heteroatoms. The van der Waals surface area contributed by atoms with Crippen LogP contribution in [0.4, 0.5) is 5.69 Å². The van der Waals surface area contributed by atoms with Crippen molar-refractivity contribution in [1.82, 2.24) is 8.54 Å². The zero-order valence-electron chi connectivity index (χ0n) is 21.8. The molecular formula is C31H23N3O6S. The highest BCUT2D eigenvalue weighted by Gasteiger charge is 2.25. The van der Waals surface area contributed by atoms with Crippen molar-refractivity contribution in [2.45, 2.75) is 18.2 Å². The Morgan fingerprint density at radius 3 is 2.37 bits per heavy atom. The molecule has 0 bridgehead atoms. The van der Waals surface area contributed by atoms with Crippen LogP contribution >= 0.6 is 0 Å². The van der Waals surface area contributed by atoms with Crippen LogP contribution in [0.1, 0.15) is 11.1 Å². The van der Waals surface area contributed by atoms with E-state index in [0.717, 1.165) is 37.8 Å². The molecule has 0 saturated carbocycles. The largest absolute Gasteiger partial charge is 0.481 e. The lowest BCUT2D eigenvalue weighted by atomic mass is 10.0. The molecule has 0 unspecified atom stereocenters. The summed E-state index contributed by atoms with van der Waals surface area (Å²) in [5.74, 6) is -1.11. The molecule has 204 valence electrons. The van der Waals surface area contributed by atoms with Crippen LogP contribution in [-0.4, -0.2) is 33.0 Å². The quantitative estimate of drug-likeness (QED) is 0.178. The van der Waals surface area contributed by atoms with Gasteiger partial charge in [0.05, 0.1) is 27.3 Å². The van der Waals surface area contributed by atoms with E-state index in [0.29, 0.717) is 16.5 Å². The lowest BCUT2D eigenvalue weighted by Gasteiger charge is -2.10. The van der Waals surface area contributed by atoms with Crippen LogP contribution in [0.2, 0.25) is 0 Å². The van der Waals surface area contributed by atoms with Crippen LogP contribution < -0.4 is 0 Å². The number of rotatable bonds is 7. The van der Waals surface area contributed by atoms with Crippen molar-refractivity contribution in [3.05, 3.63) is 125 Å². The fraction of sp³-hybridized carbons (Fsp3) is 0.0645. The Labute approximate surface area is 234 Å². The maximum atomic E-state index is 13.6. The van der Waals surface area contributed by atoms with Gasteiger partial charge in [0, 0.05) is 35.1 Å². The smallest absolute Gasteiger partial charge is 0.307 e. The predicted molar refractivity (Wildman–Crippen MR) is 156 cm³/mol. The number of carboxylic acid groups (broad SMARTS) is 1. The van der Waals surface area contributed by atoms with Crippen LogP contribution in [-0.2, 0) is 21.2 Å². The molecule has 0 saturated heterocycles. The molecule has 6 aromatic rings. The van der Waals surface area contributed by atoms with E-state index in [4.69, 9.17) is 0 Å². The first-order chi connectivity index (χ1) is 19.6. The summed E-state index contributed by atoms with van der Waals surface area (Å²) in [6.45, 7) is 1.53. The van der Waals surface area contributed by atoms with E-state index in [1.807, 2.05) is 42.6 Å². The van der Waals surface area contributed by atoms with Crippen molar-refractivity contribution in [1.29, 1.82) is 0 Å². The van der Waals surface area contributed by atoms with E-state index in [9.17, 15) is 28.4 Å². The monoisotopic (exact) mass is 565 g/mol. The average Bonchev–Trinajstić information content (AvgIpc) is 3.55. The van der Waals surface area contributed by atoms with E-state index in [-0.39, 0.29) is 16.1 Å². The number of aliphatic carboxylic acids is 1. The first-order valence-corrected chi connectivity index (χ1v) is 14.1. The number of nitrogens with zero attached hydrogens (tertiary/aromatic N) is 3. The SMILES string of the molecule is Cc1ccc(S(=O)(=O)n2cc(CC(=O)O)c3cc(-c4ccc(-n5ccc6ccccc65)cc4)ccc32)cc1[N+](=O)[O-]. The van der Waals surface area contributed by atoms with Gasteiger partial charge in [-0.2, -0.15) is 0 Å². The Bertz CT molecular complexity index is 2110. The molecule has 41 heavy (non-hydrogen) atoms. The minimum Gasteiger partial charge on any atom is -0.481 e. The zero-order valence-corrected chi connectivity index (χ0v) is 22.6. The van der Waals surface area contributed by atoms with Crippen LogP contribution in [0.15, 0.2) is 108 Å². The summed E-state index contributed by atoms with van der Waals surface area (Å²) < 4.78 is 30.3. The molecule has 0 aliphatic heterocycles. The maximum Gasteiger partial charge on any atom is 0.307 e. The van der Waals surface area contributed by atoms with Crippen molar-refractivity contribution in [3.8, 4) is 16.8 Å². The highest BCUT2D eigenvalue weighted by atomic mass is 32.2. The Morgan fingerprint density at radius 2 is 1.63 bits per heavy atom. The highest BCUT2D eigenvalue weighted by molar-refractivity contribution is 7.90. The van der Waals surface area contributed by atoms with Crippen molar-refractivity contribution in [3.63, 3.8) is 0 Å². The van der Waals surface area contributed by atoms with Crippen molar-refractivity contribution in [2.24, 2.45) is 0 Å². The number of nitro groups is 1. The molecule has 0 atom stereocenters. The van der Waals surface area contributed by atoms with Crippen LogP contribution in [0.3, 0.4) is 0 Å². The number of carbonyl (C=O) groups is 1. The Morgan fingerprint density at radius 1 is 0.902 bits per heavy atom. The van der Waals surface area contributed by atoms with Crippen LogP contribution in [0.5, 0.6) is 0 Å². The number of hydrogen-bond acceptors (Lipinski definition) is 5. The van der Waals surface area contributed by atoms with Crippen molar-refractivity contribution in [2.75, 3.05) is 0 Å². The van der Waals surface area contributed by atoms with E-state index in [1.165, 1.54) is 25.3 Å². The number of hydrogen-bond donors (Lipinski definition) is 1. The van der Waals surface area contributed by atoms with Gasteiger partial charge in [0.15, 0.2) is 0 Å². The minimum absolute atomic E-state index is 0.259. The van der Waals surface area contributed by atoms with Crippen LogP contribution in [0, 0.1) is 17.0 Å². The number of fused-ring (bicyclic) bond motifs is 2. The average molecular weight is 566 g/mol. The van der Waals surface area contributed by atoms with Gasteiger partial charge in [0.25, 0.3) is 15.7 Å². The number of nitro benzene ring substituents is 1. The Kier molecular flexibility index (Phi) is 6.19. The number of aryl methyl sites for hydroxylation is 1. The number of para-hydroxylation sites is 1. The fourth-order valence-corrected chi connectivity index (χ4v) is 6.54. The summed E-state index contributed by atoms with van der Waals surface area (Å²) in [6.07, 6.45) is 2.90. The van der Waals surface area contributed by atoms with Gasteiger partial charge in [-0.1, -0.05) is 42.5 Å². The molecule has 0 aliphatic rings. The third kappa shape index (κ3) is 4.53. The standard InChI is InChI=1S/C31H23N3O6S/c1-20-6-12-26(18-30(20)34(37)38)41(39,40)33-19-24(17-31(35)36)27-16-23(9-13-29(27)33)21-7-10-25(11-8-21)32-15-14-22-4-2-3-5-28(22)32/h2-16,18-19H,17H2,1H3,(H,35,36). The second kappa shape index (κ2) is 9.76. The second-order valence-electron chi connectivity index (χ2n) is 9.75. The summed E-state index contributed by atoms with van der Waals surface area (Å²) in [5.41, 5.74) is 4.34. The molecule has 0 spiro atoms. The van der Waals surface area contributed by atoms with E-state index >= 15 is 0 Å². The molecule has 1 N–H and O–H groups in total. The molecule has 9 nitrogen and oxygen atoms in total. The molecule has 0 fully saturated rings. The molecule has 4 aromatic carbocycles. The third-order valence-corrected chi connectivity index (χ3v) is 8.88. The van der Waals surface area contributed by atoms with Gasteiger partial charge in [-0.15, -0.1) is 0 Å².